The highest BCUT2D eigenvalue weighted by atomic mass is 16.5. The number of pyridine rings is 1. The molecule has 1 saturated heterocycles. The molecular weight excluding hydrogens is 220 g/mol. The van der Waals surface area contributed by atoms with E-state index in [4.69, 9.17) is 9.47 Å². The van der Waals surface area contributed by atoms with Gasteiger partial charge in [-0.3, -0.25) is 4.79 Å². The van der Waals surface area contributed by atoms with Gasteiger partial charge in [0.25, 0.3) is 0 Å². The molecule has 92 valence electrons. The molecule has 0 bridgehead atoms. The van der Waals surface area contributed by atoms with Gasteiger partial charge in [-0.2, -0.15) is 0 Å². The highest BCUT2D eigenvalue weighted by Gasteiger charge is 2.19. The summed E-state index contributed by atoms with van der Waals surface area (Å²) in [6.45, 7) is 0.758. The molecule has 5 nitrogen and oxygen atoms in total. The third-order valence-electron chi connectivity index (χ3n) is 2.68. The number of hydrogen-bond acceptors (Lipinski definition) is 4. The molecule has 1 fully saturated rings. The molecule has 2 rings (SSSR count). The summed E-state index contributed by atoms with van der Waals surface area (Å²) in [4.78, 5) is 15.8. The van der Waals surface area contributed by atoms with E-state index in [0.29, 0.717) is 18.0 Å². The van der Waals surface area contributed by atoms with Gasteiger partial charge in [0, 0.05) is 12.8 Å². The Labute approximate surface area is 100 Å². The molecule has 1 amide bonds. The van der Waals surface area contributed by atoms with Crippen molar-refractivity contribution in [2.45, 2.75) is 25.4 Å². The molecule has 1 N–H and O–H groups in total. The van der Waals surface area contributed by atoms with Crippen LogP contribution in [0.15, 0.2) is 18.3 Å². The van der Waals surface area contributed by atoms with Gasteiger partial charge < -0.3 is 14.8 Å². The molecule has 5 heteroatoms. The quantitative estimate of drug-likeness (QED) is 0.862. The largest absolute Gasteiger partial charge is 0.480 e. The van der Waals surface area contributed by atoms with Gasteiger partial charge in [-0.05, 0) is 25.0 Å². The molecular formula is C12H16N2O3. The fourth-order valence-electron chi connectivity index (χ4n) is 1.86. The summed E-state index contributed by atoms with van der Waals surface area (Å²) in [6.07, 6.45) is 4.05. The lowest BCUT2D eigenvalue weighted by atomic mass is 10.2. The van der Waals surface area contributed by atoms with Crippen molar-refractivity contribution >= 4 is 11.6 Å². The van der Waals surface area contributed by atoms with Gasteiger partial charge >= 0.3 is 0 Å². The Bertz CT molecular complexity index is 389. The second-order valence-electron chi connectivity index (χ2n) is 3.95. The van der Waals surface area contributed by atoms with E-state index in [1.54, 1.807) is 18.3 Å². The Morgan fingerprint density at radius 3 is 3.29 bits per heavy atom. The number of carbonyl (C=O) groups excluding carboxylic acids is 1. The Hall–Kier alpha value is -1.62. The van der Waals surface area contributed by atoms with E-state index in [0.717, 1.165) is 19.4 Å². The van der Waals surface area contributed by atoms with Crippen molar-refractivity contribution in [1.29, 1.82) is 0 Å². The molecule has 17 heavy (non-hydrogen) atoms. The van der Waals surface area contributed by atoms with Gasteiger partial charge in [0.2, 0.25) is 11.8 Å². The molecule has 1 aromatic heterocycles. The molecule has 2 heterocycles. The number of anilines is 1. The van der Waals surface area contributed by atoms with E-state index in [1.165, 1.54) is 7.11 Å². The summed E-state index contributed by atoms with van der Waals surface area (Å²) in [6, 6.07) is 3.52. The van der Waals surface area contributed by atoms with Gasteiger partial charge in [-0.15, -0.1) is 0 Å². The SMILES string of the molecule is COc1ncccc1NC(=O)C[C@@H]1CCCO1. The lowest BCUT2D eigenvalue weighted by Gasteiger charge is -2.11. The molecule has 1 aliphatic rings. The summed E-state index contributed by atoms with van der Waals surface area (Å²) in [5.74, 6) is 0.358. The highest BCUT2D eigenvalue weighted by Crippen LogP contribution is 2.21. The van der Waals surface area contributed by atoms with Crippen LogP contribution < -0.4 is 10.1 Å². The first kappa shape index (κ1) is 11.9. The van der Waals surface area contributed by atoms with Gasteiger partial charge in [0.15, 0.2) is 0 Å². The number of nitrogens with zero attached hydrogens (tertiary/aromatic N) is 1. The molecule has 0 aromatic carbocycles. The summed E-state index contributed by atoms with van der Waals surface area (Å²) in [5.41, 5.74) is 0.595. The van der Waals surface area contributed by atoms with Crippen molar-refractivity contribution in [2.75, 3.05) is 19.0 Å². The zero-order valence-electron chi connectivity index (χ0n) is 9.81. The lowest BCUT2D eigenvalue weighted by molar-refractivity contribution is -0.118. The van der Waals surface area contributed by atoms with E-state index in [-0.39, 0.29) is 12.0 Å². The monoisotopic (exact) mass is 236 g/mol. The second kappa shape index (κ2) is 5.63. The summed E-state index contributed by atoms with van der Waals surface area (Å²) in [5, 5.41) is 2.78. The van der Waals surface area contributed by atoms with Crippen LogP contribution in [0, 0.1) is 0 Å². The van der Waals surface area contributed by atoms with Crippen LogP contribution >= 0.6 is 0 Å². The maximum absolute atomic E-state index is 11.8. The Morgan fingerprint density at radius 1 is 1.71 bits per heavy atom. The van der Waals surface area contributed by atoms with Crippen molar-refractivity contribution in [2.24, 2.45) is 0 Å². The van der Waals surface area contributed by atoms with Crippen LogP contribution in [-0.4, -0.2) is 30.7 Å². The molecule has 1 aromatic rings. The second-order valence-corrected chi connectivity index (χ2v) is 3.95. The third kappa shape index (κ3) is 3.17. The van der Waals surface area contributed by atoms with Crippen LogP contribution in [0.1, 0.15) is 19.3 Å². The van der Waals surface area contributed by atoms with E-state index < -0.39 is 0 Å². The Morgan fingerprint density at radius 2 is 2.59 bits per heavy atom. The van der Waals surface area contributed by atoms with Crippen LogP contribution in [0.4, 0.5) is 5.69 Å². The van der Waals surface area contributed by atoms with E-state index in [2.05, 4.69) is 10.3 Å². The fourth-order valence-corrected chi connectivity index (χ4v) is 1.86. The maximum Gasteiger partial charge on any atom is 0.237 e. The average Bonchev–Trinajstić information content (AvgIpc) is 2.82. The first-order valence-electron chi connectivity index (χ1n) is 5.70. The number of methoxy groups -OCH3 is 1. The normalized spacial score (nSPS) is 19.0. The summed E-state index contributed by atoms with van der Waals surface area (Å²) >= 11 is 0. The van der Waals surface area contributed by atoms with Crippen LogP contribution in [-0.2, 0) is 9.53 Å². The molecule has 0 unspecified atom stereocenters. The van der Waals surface area contributed by atoms with Crippen LogP contribution in [0.25, 0.3) is 0 Å². The number of carbonyl (C=O) groups is 1. The zero-order valence-corrected chi connectivity index (χ0v) is 9.81. The Kier molecular flexibility index (Phi) is 3.93. The van der Waals surface area contributed by atoms with Crippen molar-refractivity contribution in [3.8, 4) is 5.88 Å². The fraction of sp³-hybridized carbons (Fsp3) is 0.500. The lowest BCUT2D eigenvalue weighted by Crippen LogP contribution is -2.19. The third-order valence-corrected chi connectivity index (χ3v) is 2.68. The number of nitrogens with one attached hydrogen (secondary N) is 1. The minimum absolute atomic E-state index is 0.0534. The van der Waals surface area contributed by atoms with Crippen molar-refractivity contribution < 1.29 is 14.3 Å². The molecule has 0 aliphatic carbocycles. The number of aromatic nitrogens is 1. The van der Waals surface area contributed by atoms with Crippen LogP contribution in [0.2, 0.25) is 0 Å². The predicted molar refractivity (Wildman–Crippen MR) is 63.0 cm³/mol. The van der Waals surface area contributed by atoms with Crippen LogP contribution in [0.3, 0.4) is 0 Å². The van der Waals surface area contributed by atoms with Gasteiger partial charge in [0.05, 0.1) is 19.6 Å². The molecule has 0 spiro atoms. The van der Waals surface area contributed by atoms with Crippen molar-refractivity contribution in [1.82, 2.24) is 4.98 Å². The molecule has 0 radical (unpaired) electrons. The first-order chi connectivity index (χ1) is 8.29. The minimum Gasteiger partial charge on any atom is -0.480 e. The predicted octanol–water partition coefficient (Wildman–Crippen LogP) is 1.60. The first-order valence-corrected chi connectivity index (χ1v) is 5.70. The topological polar surface area (TPSA) is 60.5 Å². The van der Waals surface area contributed by atoms with Gasteiger partial charge in [-0.1, -0.05) is 0 Å². The van der Waals surface area contributed by atoms with E-state index in [9.17, 15) is 4.79 Å². The van der Waals surface area contributed by atoms with Crippen LogP contribution in [0.5, 0.6) is 5.88 Å². The van der Waals surface area contributed by atoms with Crippen molar-refractivity contribution in [3.05, 3.63) is 18.3 Å². The zero-order chi connectivity index (χ0) is 12.1. The number of amides is 1. The van der Waals surface area contributed by atoms with Crippen molar-refractivity contribution in [3.63, 3.8) is 0 Å². The standard InChI is InChI=1S/C12H16N2O3/c1-16-12-10(5-2-6-13-12)14-11(15)8-9-4-3-7-17-9/h2,5-6,9H,3-4,7-8H2,1H3,(H,14,15)/t9-/m0/s1. The number of rotatable bonds is 4. The van der Waals surface area contributed by atoms with Gasteiger partial charge in [-0.25, -0.2) is 4.98 Å². The van der Waals surface area contributed by atoms with E-state index >= 15 is 0 Å². The molecule has 1 atom stereocenters. The van der Waals surface area contributed by atoms with Gasteiger partial charge in [0.1, 0.15) is 5.69 Å². The molecule has 1 aliphatic heterocycles. The average molecular weight is 236 g/mol. The minimum atomic E-state index is -0.0665. The number of hydrogen-bond donors (Lipinski definition) is 1. The summed E-state index contributed by atoms with van der Waals surface area (Å²) < 4.78 is 10.5. The maximum atomic E-state index is 11.8. The molecule has 0 saturated carbocycles. The highest BCUT2D eigenvalue weighted by molar-refractivity contribution is 5.92. The smallest absolute Gasteiger partial charge is 0.237 e. The van der Waals surface area contributed by atoms with E-state index in [1.807, 2.05) is 0 Å². The number of ether oxygens (including phenoxy) is 2. The Balaban J connectivity index is 1.92. The summed E-state index contributed by atoms with van der Waals surface area (Å²) in [7, 11) is 1.53.